The Morgan fingerprint density at radius 2 is 0.788 bits per heavy atom. The minimum Gasteiger partial charge on any atom is -0.508 e. The van der Waals surface area contributed by atoms with E-state index < -0.39 is 11.9 Å². The van der Waals surface area contributed by atoms with Gasteiger partial charge >= 0.3 is 11.9 Å². The molecule has 33 heavy (non-hydrogen) atoms. The molecule has 6 nitrogen and oxygen atoms in total. The molecule has 0 atom stereocenters. The van der Waals surface area contributed by atoms with Gasteiger partial charge in [-0.25, -0.2) is 9.59 Å². The summed E-state index contributed by atoms with van der Waals surface area (Å²) in [6.07, 6.45) is 0. The molecule has 0 unspecified atom stereocenters. The van der Waals surface area contributed by atoms with Gasteiger partial charge in [-0.1, -0.05) is 48.2 Å². The molecule has 0 aromatic heterocycles. The highest BCUT2D eigenvalue weighted by molar-refractivity contribution is 7.99. The number of hydrogen-bond donors (Lipinski definition) is 4. The van der Waals surface area contributed by atoms with Gasteiger partial charge in [-0.3, -0.25) is 0 Å². The predicted molar refractivity (Wildman–Crippen MR) is 127 cm³/mol. The van der Waals surface area contributed by atoms with Crippen molar-refractivity contribution in [2.24, 2.45) is 0 Å². The van der Waals surface area contributed by atoms with E-state index in [1.54, 1.807) is 96.7 Å². The maximum Gasteiger partial charge on any atom is 0.335 e. The molecule has 0 spiro atoms. The van der Waals surface area contributed by atoms with E-state index in [4.69, 9.17) is 20.4 Å². The summed E-state index contributed by atoms with van der Waals surface area (Å²) < 4.78 is 0. The molecule has 4 aromatic rings. The van der Waals surface area contributed by atoms with Crippen molar-refractivity contribution in [2.75, 3.05) is 0 Å². The summed E-state index contributed by atoms with van der Waals surface area (Å²) >= 11 is 1.58. The molecule has 168 valence electrons. The van der Waals surface area contributed by atoms with E-state index in [2.05, 4.69) is 0 Å². The van der Waals surface area contributed by atoms with Crippen LogP contribution in [0.1, 0.15) is 20.7 Å². The van der Waals surface area contributed by atoms with E-state index >= 15 is 0 Å². The van der Waals surface area contributed by atoms with Crippen LogP contribution in [0.15, 0.2) is 119 Å². The smallest absolute Gasteiger partial charge is 0.335 e. The number of phenols is 2. The number of carbonyl (C=O) groups is 2. The third kappa shape index (κ3) is 9.63. The molecular weight excluding hydrogens is 440 g/mol. The van der Waals surface area contributed by atoms with Crippen LogP contribution in [-0.2, 0) is 0 Å². The number of aromatic hydroxyl groups is 2. The molecule has 0 aliphatic heterocycles. The van der Waals surface area contributed by atoms with Crippen LogP contribution in [0.25, 0.3) is 0 Å². The van der Waals surface area contributed by atoms with Crippen molar-refractivity contribution < 1.29 is 30.0 Å². The fraction of sp³-hybridized carbons (Fsp3) is 0. The lowest BCUT2D eigenvalue weighted by atomic mass is 10.2. The van der Waals surface area contributed by atoms with Gasteiger partial charge in [0.05, 0.1) is 11.1 Å². The van der Waals surface area contributed by atoms with Gasteiger partial charge in [0, 0.05) is 9.79 Å². The number of phenolic OH excluding ortho intramolecular Hbond substituents is 2. The molecule has 0 saturated heterocycles. The maximum atomic E-state index is 10.2. The number of benzene rings is 4. The summed E-state index contributed by atoms with van der Waals surface area (Å²) in [4.78, 5) is 22.5. The van der Waals surface area contributed by atoms with Crippen LogP contribution in [0.5, 0.6) is 11.5 Å². The number of carboxylic acids is 2. The van der Waals surface area contributed by atoms with E-state index in [1.807, 2.05) is 24.3 Å². The second-order valence-electron chi connectivity index (χ2n) is 6.43. The van der Waals surface area contributed by atoms with E-state index in [1.165, 1.54) is 0 Å². The fourth-order valence-electron chi connectivity index (χ4n) is 2.33. The third-order valence-corrected chi connectivity index (χ3v) is 4.97. The summed E-state index contributed by atoms with van der Waals surface area (Å²) in [6, 6.07) is 30.6. The van der Waals surface area contributed by atoms with E-state index in [0.29, 0.717) is 11.1 Å². The molecule has 0 heterocycles. The Kier molecular flexibility index (Phi) is 10.0. The zero-order valence-corrected chi connectivity index (χ0v) is 18.2. The third-order valence-electron chi connectivity index (χ3n) is 3.95. The molecule has 4 rings (SSSR count). The molecule has 4 aromatic carbocycles. The Morgan fingerprint density at radius 1 is 0.485 bits per heavy atom. The van der Waals surface area contributed by atoms with Crippen molar-refractivity contribution in [2.45, 2.75) is 9.79 Å². The lowest BCUT2D eigenvalue weighted by molar-refractivity contribution is 0.0686. The quantitative estimate of drug-likeness (QED) is 0.293. The molecule has 0 radical (unpaired) electrons. The lowest BCUT2D eigenvalue weighted by Crippen LogP contribution is -1.93. The van der Waals surface area contributed by atoms with Crippen molar-refractivity contribution in [3.8, 4) is 11.5 Å². The van der Waals surface area contributed by atoms with E-state index in [9.17, 15) is 9.59 Å². The summed E-state index contributed by atoms with van der Waals surface area (Å²) in [6.45, 7) is 0. The molecule has 0 aliphatic rings. The SMILES string of the molecule is O=C(O)c1ccccc1.O=C(O)c1ccccc1.Oc1ccc(Sc2ccc(O)cc2)cc1. The summed E-state index contributed by atoms with van der Waals surface area (Å²) in [5.74, 6) is -1.22. The minimum absolute atomic E-state index is 0.269. The lowest BCUT2D eigenvalue weighted by Gasteiger charge is -2.01. The number of aromatic carboxylic acids is 2. The monoisotopic (exact) mass is 462 g/mol. The van der Waals surface area contributed by atoms with Crippen molar-refractivity contribution in [3.05, 3.63) is 120 Å². The van der Waals surface area contributed by atoms with Crippen molar-refractivity contribution in [3.63, 3.8) is 0 Å². The van der Waals surface area contributed by atoms with Gasteiger partial charge in [0.1, 0.15) is 11.5 Å². The highest BCUT2D eigenvalue weighted by atomic mass is 32.2. The molecule has 7 heteroatoms. The number of rotatable bonds is 4. The van der Waals surface area contributed by atoms with Crippen LogP contribution in [0.2, 0.25) is 0 Å². The topological polar surface area (TPSA) is 115 Å². The van der Waals surface area contributed by atoms with Gasteiger partial charge in [-0.15, -0.1) is 0 Å². The highest BCUT2D eigenvalue weighted by Crippen LogP contribution is 2.29. The van der Waals surface area contributed by atoms with Gasteiger partial charge in [0.15, 0.2) is 0 Å². The summed E-state index contributed by atoms with van der Waals surface area (Å²) in [7, 11) is 0. The van der Waals surface area contributed by atoms with Crippen LogP contribution in [0, 0.1) is 0 Å². The Morgan fingerprint density at radius 3 is 1.03 bits per heavy atom. The predicted octanol–water partition coefficient (Wildman–Crippen LogP) is 6.02. The van der Waals surface area contributed by atoms with Gasteiger partial charge in [0.2, 0.25) is 0 Å². The second-order valence-corrected chi connectivity index (χ2v) is 7.58. The van der Waals surface area contributed by atoms with E-state index in [0.717, 1.165) is 9.79 Å². The number of hydrogen-bond acceptors (Lipinski definition) is 5. The average molecular weight is 463 g/mol. The first-order valence-corrected chi connectivity index (χ1v) is 10.5. The number of carboxylic acid groups (broad SMARTS) is 2. The fourth-order valence-corrected chi connectivity index (χ4v) is 3.14. The maximum absolute atomic E-state index is 10.2. The molecular formula is C26H22O6S. The first-order valence-electron chi connectivity index (χ1n) is 9.68. The first kappa shape index (κ1) is 25.0. The van der Waals surface area contributed by atoms with Crippen LogP contribution in [0.3, 0.4) is 0 Å². The Balaban J connectivity index is 0.000000186. The zero-order chi connectivity index (χ0) is 24.1. The Labute approximate surface area is 195 Å². The molecule has 0 fully saturated rings. The van der Waals surface area contributed by atoms with Crippen LogP contribution in [-0.4, -0.2) is 32.4 Å². The summed E-state index contributed by atoms with van der Waals surface area (Å²) in [5.41, 5.74) is 0.662. The minimum atomic E-state index is -0.879. The van der Waals surface area contributed by atoms with E-state index in [-0.39, 0.29) is 11.5 Å². The van der Waals surface area contributed by atoms with Crippen molar-refractivity contribution >= 4 is 23.7 Å². The summed E-state index contributed by atoms with van der Waals surface area (Å²) in [5, 5.41) is 35.0. The van der Waals surface area contributed by atoms with Crippen LogP contribution < -0.4 is 0 Å². The Bertz CT molecular complexity index is 1040. The van der Waals surface area contributed by atoms with Gasteiger partial charge in [0.25, 0.3) is 0 Å². The van der Waals surface area contributed by atoms with Crippen LogP contribution in [0.4, 0.5) is 0 Å². The molecule has 0 aliphatic carbocycles. The molecule has 0 saturated carbocycles. The molecule has 0 amide bonds. The van der Waals surface area contributed by atoms with Gasteiger partial charge < -0.3 is 20.4 Å². The largest absolute Gasteiger partial charge is 0.508 e. The Hall–Kier alpha value is -4.23. The van der Waals surface area contributed by atoms with Crippen LogP contribution >= 0.6 is 11.8 Å². The zero-order valence-electron chi connectivity index (χ0n) is 17.4. The molecule has 4 N–H and O–H groups in total. The highest BCUT2D eigenvalue weighted by Gasteiger charge is 1.98. The standard InChI is InChI=1S/C12H10O2S.2C7H6O2/c13-9-1-5-11(6-2-9)15-12-7-3-10(14)4-8-12;2*8-7(9)6-4-2-1-3-5-6/h1-8,13-14H;2*1-5H,(H,8,9). The van der Waals surface area contributed by atoms with Gasteiger partial charge in [-0.05, 0) is 72.8 Å². The van der Waals surface area contributed by atoms with Crippen molar-refractivity contribution in [1.29, 1.82) is 0 Å². The second kappa shape index (κ2) is 13.2. The van der Waals surface area contributed by atoms with Crippen molar-refractivity contribution in [1.82, 2.24) is 0 Å². The first-order chi connectivity index (χ1) is 15.8. The normalized spacial score (nSPS) is 9.45. The van der Waals surface area contributed by atoms with Gasteiger partial charge in [-0.2, -0.15) is 0 Å². The molecule has 0 bridgehead atoms. The average Bonchev–Trinajstić information content (AvgIpc) is 2.84.